The van der Waals surface area contributed by atoms with E-state index >= 15 is 0 Å². The topological polar surface area (TPSA) is 20.3 Å². The molecular formula is C9H17NO. The highest BCUT2D eigenvalue weighted by Gasteiger charge is 2.05. The molecule has 0 unspecified atom stereocenters. The third-order valence-corrected chi connectivity index (χ3v) is 1.84. The molecule has 0 bridgehead atoms. The van der Waals surface area contributed by atoms with E-state index < -0.39 is 0 Å². The van der Waals surface area contributed by atoms with Crippen LogP contribution in [0.5, 0.6) is 0 Å². The van der Waals surface area contributed by atoms with Crippen LogP contribution in [0.3, 0.4) is 0 Å². The lowest BCUT2D eigenvalue weighted by Crippen LogP contribution is -2.14. The Bertz CT molecular complexity index is 180. The summed E-state index contributed by atoms with van der Waals surface area (Å²) in [7, 11) is 3.93. The molecule has 11 heavy (non-hydrogen) atoms. The molecule has 2 heteroatoms. The first kappa shape index (κ1) is 10.2. The summed E-state index contributed by atoms with van der Waals surface area (Å²) in [6.45, 7) is 5.54. The van der Waals surface area contributed by atoms with Gasteiger partial charge in [0.1, 0.15) is 0 Å². The lowest BCUT2D eigenvalue weighted by Gasteiger charge is -2.17. The van der Waals surface area contributed by atoms with Gasteiger partial charge < -0.3 is 4.90 Å². The van der Waals surface area contributed by atoms with Crippen molar-refractivity contribution in [3.8, 4) is 0 Å². The zero-order chi connectivity index (χ0) is 9.02. The molecule has 0 spiro atoms. The summed E-state index contributed by atoms with van der Waals surface area (Å²) in [6.07, 6.45) is 0.915. The van der Waals surface area contributed by atoms with E-state index in [9.17, 15) is 4.79 Å². The summed E-state index contributed by atoms with van der Waals surface area (Å²) in [4.78, 5) is 13.0. The van der Waals surface area contributed by atoms with Gasteiger partial charge in [-0.3, -0.25) is 4.79 Å². The van der Waals surface area contributed by atoms with Crippen LogP contribution in [0, 0.1) is 0 Å². The fourth-order valence-corrected chi connectivity index (χ4v) is 1.12. The van der Waals surface area contributed by atoms with Crippen molar-refractivity contribution in [3.63, 3.8) is 0 Å². The van der Waals surface area contributed by atoms with Crippen LogP contribution in [0.15, 0.2) is 11.3 Å². The van der Waals surface area contributed by atoms with Gasteiger partial charge >= 0.3 is 0 Å². The molecule has 0 aliphatic heterocycles. The molecule has 0 amide bonds. The Labute approximate surface area is 68.9 Å². The smallest absolute Gasteiger partial charge is 0.157 e. The Balaban J connectivity index is 4.68. The Morgan fingerprint density at radius 3 is 1.82 bits per heavy atom. The Hall–Kier alpha value is -0.790. The van der Waals surface area contributed by atoms with Gasteiger partial charge in [0.15, 0.2) is 5.78 Å². The van der Waals surface area contributed by atoms with Crippen molar-refractivity contribution in [1.29, 1.82) is 0 Å². The highest BCUT2D eigenvalue weighted by molar-refractivity contribution is 5.93. The van der Waals surface area contributed by atoms with Gasteiger partial charge in [-0.15, -0.1) is 0 Å². The van der Waals surface area contributed by atoms with Crippen molar-refractivity contribution in [2.45, 2.75) is 27.2 Å². The van der Waals surface area contributed by atoms with Crippen LogP contribution in [-0.2, 0) is 4.79 Å². The first-order chi connectivity index (χ1) is 5.00. The molecular weight excluding hydrogens is 138 g/mol. The second-order valence-corrected chi connectivity index (χ2v) is 2.88. The first-order valence-electron chi connectivity index (χ1n) is 3.88. The molecule has 0 saturated carbocycles. The quantitative estimate of drug-likeness (QED) is 0.579. The number of carbonyl (C=O) groups excluding carboxylic acids is 1. The summed E-state index contributed by atoms with van der Waals surface area (Å²) >= 11 is 0. The van der Waals surface area contributed by atoms with Gasteiger partial charge in [-0.2, -0.15) is 0 Å². The summed E-state index contributed by atoms with van der Waals surface area (Å²) in [5, 5.41) is 0. The van der Waals surface area contributed by atoms with Crippen molar-refractivity contribution in [2.75, 3.05) is 14.1 Å². The summed E-state index contributed by atoms with van der Waals surface area (Å²) < 4.78 is 0. The van der Waals surface area contributed by atoms with Crippen LogP contribution in [0.25, 0.3) is 0 Å². The normalized spacial score (nSPS) is 12.5. The molecule has 0 aromatic rings. The van der Waals surface area contributed by atoms with Crippen molar-refractivity contribution in [2.24, 2.45) is 0 Å². The number of hydrogen-bond donors (Lipinski definition) is 0. The molecule has 0 N–H and O–H groups in total. The molecule has 0 atom stereocenters. The maximum atomic E-state index is 11.0. The lowest BCUT2D eigenvalue weighted by atomic mass is 10.1. The monoisotopic (exact) mass is 155 g/mol. The second kappa shape index (κ2) is 4.16. The summed E-state index contributed by atoms with van der Waals surface area (Å²) in [6, 6.07) is 0. The standard InChI is InChI=1S/C9H17NO/c1-6-9(10(4)5)7(2)8(3)11/h6H2,1-5H3/b9-7-. The number of allylic oxidation sites excluding steroid dienone is 2. The van der Waals surface area contributed by atoms with Gasteiger partial charge in [0.25, 0.3) is 0 Å². The zero-order valence-electron chi connectivity index (χ0n) is 8.06. The minimum Gasteiger partial charge on any atom is -0.381 e. The number of ketones is 1. The predicted octanol–water partition coefficient (Wildman–Crippen LogP) is 1.82. The van der Waals surface area contributed by atoms with E-state index in [4.69, 9.17) is 0 Å². The molecule has 0 saturated heterocycles. The van der Waals surface area contributed by atoms with Crippen LogP contribution in [0.4, 0.5) is 0 Å². The van der Waals surface area contributed by atoms with E-state index in [0.29, 0.717) is 0 Å². The average Bonchev–Trinajstić information content (AvgIpc) is 1.88. The maximum Gasteiger partial charge on any atom is 0.157 e. The molecule has 0 aromatic carbocycles. The SMILES string of the molecule is CC/C(=C(\C)C(C)=O)N(C)C. The van der Waals surface area contributed by atoms with Gasteiger partial charge in [-0.05, 0) is 20.3 Å². The number of carbonyl (C=O) groups is 1. The van der Waals surface area contributed by atoms with E-state index in [0.717, 1.165) is 17.7 Å². The van der Waals surface area contributed by atoms with Crippen LogP contribution in [-0.4, -0.2) is 24.8 Å². The van der Waals surface area contributed by atoms with E-state index in [2.05, 4.69) is 6.92 Å². The molecule has 64 valence electrons. The Kier molecular flexibility index (Phi) is 3.86. The molecule has 0 radical (unpaired) electrons. The minimum absolute atomic E-state index is 0.163. The molecule has 0 rings (SSSR count). The van der Waals surface area contributed by atoms with E-state index in [1.807, 2.05) is 25.9 Å². The third kappa shape index (κ3) is 2.74. The highest BCUT2D eigenvalue weighted by Crippen LogP contribution is 2.10. The number of Topliss-reactive ketones (excluding diaryl/α,β-unsaturated/α-hetero) is 1. The van der Waals surface area contributed by atoms with Crippen LogP contribution in [0.2, 0.25) is 0 Å². The van der Waals surface area contributed by atoms with Gasteiger partial charge in [-0.1, -0.05) is 6.92 Å². The largest absolute Gasteiger partial charge is 0.381 e. The van der Waals surface area contributed by atoms with Crippen molar-refractivity contribution in [1.82, 2.24) is 4.90 Å². The minimum atomic E-state index is 0.163. The molecule has 0 aromatic heterocycles. The highest BCUT2D eigenvalue weighted by atomic mass is 16.1. The van der Waals surface area contributed by atoms with Crippen molar-refractivity contribution in [3.05, 3.63) is 11.3 Å². The van der Waals surface area contributed by atoms with Gasteiger partial charge in [0.05, 0.1) is 0 Å². The first-order valence-corrected chi connectivity index (χ1v) is 3.88. The van der Waals surface area contributed by atoms with Crippen LogP contribution in [0.1, 0.15) is 27.2 Å². The van der Waals surface area contributed by atoms with Crippen molar-refractivity contribution < 1.29 is 4.79 Å². The number of nitrogens with zero attached hydrogens (tertiary/aromatic N) is 1. The molecule has 0 aliphatic rings. The molecule has 0 heterocycles. The van der Waals surface area contributed by atoms with E-state index in [1.54, 1.807) is 6.92 Å². The molecule has 2 nitrogen and oxygen atoms in total. The maximum absolute atomic E-state index is 11.0. The summed E-state index contributed by atoms with van der Waals surface area (Å²) in [5.74, 6) is 0.163. The van der Waals surface area contributed by atoms with E-state index in [1.165, 1.54) is 0 Å². The van der Waals surface area contributed by atoms with E-state index in [-0.39, 0.29) is 5.78 Å². The fourth-order valence-electron chi connectivity index (χ4n) is 1.12. The summed E-state index contributed by atoms with van der Waals surface area (Å²) in [5.41, 5.74) is 2.00. The third-order valence-electron chi connectivity index (χ3n) is 1.84. The molecule has 0 aliphatic carbocycles. The predicted molar refractivity (Wildman–Crippen MR) is 47.4 cm³/mol. The zero-order valence-corrected chi connectivity index (χ0v) is 8.06. The van der Waals surface area contributed by atoms with Gasteiger partial charge in [0.2, 0.25) is 0 Å². The van der Waals surface area contributed by atoms with Crippen molar-refractivity contribution >= 4 is 5.78 Å². The molecule has 0 fully saturated rings. The van der Waals surface area contributed by atoms with Crippen LogP contribution < -0.4 is 0 Å². The lowest BCUT2D eigenvalue weighted by molar-refractivity contribution is -0.113. The fraction of sp³-hybridized carbons (Fsp3) is 0.667. The average molecular weight is 155 g/mol. The van der Waals surface area contributed by atoms with Gasteiger partial charge in [0, 0.05) is 25.4 Å². The number of rotatable bonds is 3. The second-order valence-electron chi connectivity index (χ2n) is 2.88. The van der Waals surface area contributed by atoms with Gasteiger partial charge in [-0.25, -0.2) is 0 Å². The number of hydrogen-bond acceptors (Lipinski definition) is 2. The Morgan fingerprint density at radius 1 is 1.27 bits per heavy atom. The Morgan fingerprint density at radius 2 is 1.73 bits per heavy atom. The van der Waals surface area contributed by atoms with Crippen LogP contribution >= 0.6 is 0 Å².